The fourth-order valence-corrected chi connectivity index (χ4v) is 1.19. The molecule has 3 nitrogen and oxygen atoms in total. The molecule has 1 aromatic carbocycles. The van der Waals surface area contributed by atoms with Crippen molar-refractivity contribution < 1.29 is 14.0 Å². The fourth-order valence-electron chi connectivity index (χ4n) is 1.19. The van der Waals surface area contributed by atoms with Crippen molar-refractivity contribution in [1.29, 1.82) is 0 Å². The van der Waals surface area contributed by atoms with E-state index in [-0.39, 0.29) is 23.2 Å². The maximum atomic E-state index is 12.9. The molecule has 4 heteroatoms. The number of hydrogen-bond donors (Lipinski definition) is 1. The lowest BCUT2D eigenvalue weighted by molar-refractivity contribution is -0.118. The normalized spacial score (nSPS) is 10.3. The van der Waals surface area contributed by atoms with Crippen LogP contribution in [-0.2, 0) is 4.79 Å². The highest BCUT2D eigenvalue weighted by Gasteiger charge is 2.13. The molecule has 0 aliphatic carbocycles. The Morgan fingerprint density at radius 3 is 2.44 bits per heavy atom. The van der Waals surface area contributed by atoms with E-state index in [4.69, 9.17) is 0 Å². The molecule has 0 saturated heterocycles. The zero-order valence-electron chi connectivity index (χ0n) is 9.50. The van der Waals surface area contributed by atoms with Gasteiger partial charge in [-0.3, -0.25) is 9.59 Å². The number of carbonyl (C=O) groups is 2. The van der Waals surface area contributed by atoms with Crippen LogP contribution in [0.5, 0.6) is 0 Å². The third kappa shape index (κ3) is 2.89. The molecule has 1 amide bonds. The van der Waals surface area contributed by atoms with Gasteiger partial charge in [0.25, 0.3) is 0 Å². The lowest BCUT2D eigenvalue weighted by Crippen LogP contribution is -2.19. The molecule has 0 heterocycles. The summed E-state index contributed by atoms with van der Waals surface area (Å²) >= 11 is 0. The Balaban J connectivity index is 3.04. The van der Waals surface area contributed by atoms with Crippen molar-refractivity contribution in [1.82, 2.24) is 0 Å². The summed E-state index contributed by atoms with van der Waals surface area (Å²) < 4.78 is 12.9. The summed E-state index contributed by atoms with van der Waals surface area (Å²) in [7, 11) is 0. The number of carbonyl (C=O) groups excluding carboxylic acids is 2. The first-order chi connectivity index (χ1) is 7.41. The van der Waals surface area contributed by atoms with Gasteiger partial charge in [-0.25, -0.2) is 4.39 Å². The van der Waals surface area contributed by atoms with E-state index in [1.807, 2.05) is 0 Å². The molecule has 1 aromatic rings. The zero-order chi connectivity index (χ0) is 12.3. The van der Waals surface area contributed by atoms with E-state index in [9.17, 15) is 14.0 Å². The van der Waals surface area contributed by atoms with Gasteiger partial charge in [0.1, 0.15) is 5.82 Å². The highest BCUT2D eigenvalue weighted by molar-refractivity contribution is 6.04. The Hall–Kier alpha value is -1.71. The number of halogens is 1. The van der Waals surface area contributed by atoms with Gasteiger partial charge >= 0.3 is 0 Å². The Morgan fingerprint density at radius 1 is 1.31 bits per heavy atom. The van der Waals surface area contributed by atoms with Crippen molar-refractivity contribution >= 4 is 17.4 Å². The zero-order valence-corrected chi connectivity index (χ0v) is 9.50. The molecule has 0 radical (unpaired) electrons. The first kappa shape index (κ1) is 12.4. The third-order valence-corrected chi connectivity index (χ3v) is 2.14. The van der Waals surface area contributed by atoms with Gasteiger partial charge in [-0.2, -0.15) is 0 Å². The van der Waals surface area contributed by atoms with Crippen molar-refractivity contribution in [2.75, 3.05) is 5.32 Å². The summed E-state index contributed by atoms with van der Waals surface area (Å²) in [6.07, 6.45) is 0. The summed E-state index contributed by atoms with van der Waals surface area (Å²) in [5.74, 6) is -1.16. The molecule has 0 aromatic heterocycles. The maximum Gasteiger partial charge on any atom is 0.226 e. The Labute approximate surface area is 93.7 Å². The summed E-state index contributed by atoms with van der Waals surface area (Å²) in [5, 5.41) is 2.59. The minimum atomic E-state index is -0.493. The van der Waals surface area contributed by atoms with E-state index in [2.05, 4.69) is 5.32 Å². The van der Waals surface area contributed by atoms with Crippen LogP contribution in [-0.4, -0.2) is 11.7 Å². The van der Waals surface area contributed by atoms with Gasteiger partial charge in [0.15, 0.2) is 5.78 Å². The monoisotopic (exact) mass is 223 g/mol. The smallest absolute Gasteiger partial charge is 0.226 e. The van der Waals surface area contributed by atoms with Crippen molar-refractivity contribution in [3.8, 4) is 0 Å². The van der Waals surface area contributed by atoms with E-state index in [0.717, 1.165) is 6.07 Å². The van der Waals surface area contributed by atoms with E-state index >= 15 is 0 Å². The van der Waals surface area contributed by atoms with Crippen LogP contribution in [0, 0.1) is 11.7 Å². The lowest BCUT2D eigenvalue weighted by atomic mass is 10.1. The molecule has 0 aliphatic heterocycles. The van der Waals surface area contributed by atoms with Gasteiger partial charge in [0, 0.05) is 11.5 Å². The van der Waals surface area contributed by atoms with Crippen LogP contribution in [0.4, 0.5) is 10.1 Å². The highest BCUT2D eigenvalue weighted by atomic mass is 19.1. The Morgan fingerprint density at radius 2 is 1.94 bits per heavy atom. The number of Topliss-reactive ketones (excluding diaryl/α,β-unsaturated/α-hetero) is 1. The Bertz CT molecular complexity index is 427. The SMILES string of the molecule is CC(=O)c1cc(F)ccc1NC(=O)C(C)C. The number of benzene rings is 1. The number of hydrogen-bond acceptors (Lipinski definition) is 2. The fraction of sp³-hybridized carbons (Fsp3) is 0.333. The van der Waals surface area contributed by atoms with Gasteiger partial charge in [-0.05, 0) is 25.1 Å². The third-order valence-electron chi connectivity index (χ3n) is 2.14. The van der Waals surface area contributed by atoms with Crippen molar-refractivity contribution in [3.63, 3.8) is 0 Å². The summed E-state index contributed by atoms with van der Waals surface area (Å²) in [6, 6.07) is 3.73. The maximum absolute atomic E-state index is 12.9. The predicted molar refractivity (Wildman–Crippen MR) is 59.9 cm³/mol. The number of nitrogens with one attached hydrogen (secondary N) is 1. The van der Waals surface area contributed by atoms with Crippen LogP contribution in [0.1, 0.15) is 31.1 Å². The molecule has 0 aliphatic rings. The standard InChI is InChI=1S/C12H14FNO2/c1-7(2)12(16)14-11-5-4-9(13)6-10(11)8(3)15/h4-7H,1-3H3,(H,14,16). The molecular formula is C12H14FNO2. The van der Waals surface area contributed by atoms with Crippen LogP contribution >= 0.6 is 0 Å². The topological polar surface area (TPSA) is 46.2 Å². The van der Waals surface area contributed by atoms with Crippen LogP contribution in [0.15, 0.2) is 18.2 Å². The van der Waals surface area contributed by atoms with Gasteiger partial charge in [0.2, 0.25) is 5.91 Å². The molecule has 0 saturated carbocycles. The number of rotatable bonds is 3. The van der Waals surface area contributed by atoms with E-state index in [1.54, 1.807) is 13.8 Å². The van der Waals surface area contributed by atoms with Crippen LogP contribution in [0.2, 0.25) is 0 Å². The highest BCUT2D eigenvalue weighted by Crippen LogP contribution is 2.18. The second-order valence-electron chi connectivity index (χ2n) is 3.89. The molecule has 0 fully saturated rings. The van der Waals surface area contributed by atoms with Gasteiger partial charge in [-0.1, -0.05) is 13.8 Å². The minimum absolute atomic E-state index is 0.189. The molecule has 1 rings (SSSR count). The number of anilines is 1. The van der Waals surface area contributed by atoms with Gasteiger partial charge in [-0.15, -0.1) is 0 Å². The van der Waals surface area contributed by atoms with E-state index in [0.29, 0.717) is 5.69 Å². The molecule has 0 spiro atoms. The molecular weight excluding hydrogens is 209 g/mol. The molecule has 0 bridgehead atoms. The Kier molecular flexibility index (Phi) is 3.77. The van der Waals surface area contributed by atoms with Crippen molar-refractivity contribution in [3.05, 3.63) is 29.6 Å². The lowest BCUT2D eigenvalue weighted by Gasteiger charge is -2.10. The van der Waals surface area contributed by atoms with Crippen LogP contribution in [0.25, 0.3) is 0 Å². The minimum Gasteiger partial charge on any atom is -0.325 e. The van der Waals surface area contributed by atoms with Gasteiger partial charge in [0.05, 0.1) is 5.69 Å². The first-order valence-corrected chi connectivity index (χ1v) is 5.03. The largest absolute Gasteiger partial charge is 0.325 e. The van der Waals surface area contributed by atoms with E-state index < -0.39 is 5.82 Å². The molecule has 86 valence electrons. The first-order valence-electron chi connectivity index (χ1n) is 5.03. The van der Waals surface area contributed by atoms with Crippen LogP contribution in [0.3, 0.4) is 0 Å². The van der Waals surface area contributed by atoms with E-state index in [1.165, 1.54) is 19.1 Å². The summed E-state index contributed by atoms with van der Waals surface area (Å²) in [6.45, 7) is 4.82. The summed E-state index contributed by atoms with van der Waals surface area (Å²) in [5.41, 5.74) is 0.543. The average molecular weight is 223 g/mol. The second kappa shape index (κ2) is 4.88. The molecule has 1 N–H and O–H groups in total. The molecule has 16 heavy (non-hydrogen) atoms. The van der Waals surface area contributed by atoms with Gasteiger partial charge < -0.3 is 5.32 Å². The second-order valence-corrected chi connectivity index (χ2v) is 3.89. The van der Waals surface area contributed by atoms with Crippen molar-refractivity contribution in [2.45, 2.75) is 20.8 Å². The predicted octanol–water partition coefficient (Wildman–Crippen LogP) is 2.62. The van der Waals surface area contributed by atoms with Crippen LogP contribution < -0.4 is 5.32 Å². The van der Waals surface area contributed by atoms with Crippen molar-refractivity contribution in [2.24, 2.45) is 5.92 Å². The number of amides is 1. The quantitative estimate of drug-likeness (QED) is 0.800. The average Bonchev–Trinajstić information content (AvgIpc) is 2.20. The summed E-state index contributed by atoms with van der Waals surface area (Å²) in [4.78, 5) is 22.7. The molecule has 0 atom stereocenters. The molecule has 0 unspecified atom stereocenters. The number of ketones is 1.